The summed E-state index contributed by atoms with van der Waals surface area (Å²) in [5.74, 6) is 6.24. The largest absolute Gasteiger partial charge is 0.502 e. The van der Waals surface area contributed by atoms with Crippen LogP contribution < -0.4 is 10.9 Å². The van der Waals surface area contributed by atoms with Crippen LogP contribution in [0.1, 0.15) is 35.7 Å². The third-order valence-corrected chi connectivity index (χ3v) is 4.86. The van der Waals surface area contributed by atoms with Gasteiger partial charge < -0.3 is 19.8 Å². The molecule has 1 fully saturated rings. The van der Waals surface area contributed by atoms with Crippen molar-refractivity contribution in [1.29, 1.82) is 0 Å². The Kier molecular flexibility index (Phi) is 5.58. The number of imidazole rings is 1. The molecule has 0 aromatic carbocycles. The number of halogens is 1. The number of nitrogens with one attached hydrogen (secondary N) is 2. The second kappa shape index (κ2) is 8.45. The summed E-state index contributed by atoms with van der Waals surface area (Å²) in [6.07, 6.45) is 7.92. The van der Waals surface area contributed by atoms with Gasteiger partial charge in [-0.2, -0.15) is 0 Å². The highest BCUT2D eigenvalue weighted by molar-refractivity contribution is 5.46. The Bertz CT molecular complexity index is 1120. The van der Waals surface area contributed by atoms with Crippen LogP contribution in [0.2, 0.25) is 0 Å². The summed E-state index contributed by atoms with van der Waals surface area (Å²) in [6.45, 7) is 0.0507. The van der Waals surface area contributed by atoms with Gasteiger partial charge in [0.2, 0.25) is 5.75 Å². The Balaban J connectivity index is 1.59. The first-order valence-electron chi connectivity index (χ1n) is 9.66. The molecule has 3 heterocycles. The summed E-state index contributed by atoms with van der Waals surface area (Å²) in [5, 5.41) is 13.1. The van der Waals surface area contributed by atoms with Crippen molar-refractivity contribution in [3.8, 4) is 17.6 Å². The first-order chi connectivity index (χ1) is 14.1. The molecule has 0 bridgehead atoms. The van der Waals surface area contributed by atoms with Crippen LogP contribution in [0.5, 0.6) is 5.75 Å². The Hall–Kier alpha value is -3.18. The van der Waals surface area contributed by atoms with Crippen molar-refractivity contribution in [2.24, 2.45) is 5.92 Å². The van der Waals surface area contributed by atoms with Crippen LogP contribution >= 0.6 is 0 Å². The second-order valence-electron chi connectivity index (χ2n) is 7.22. The van der Waals surface area contributed by atoms with E-state index >= 15 is 0 Å². The smallest absolute Gasteiger partial charge is 0.293 e. The number of H-pyrrole nitrogens is 1. The number of fused-ring (bicyclic) bond motifs is 1. The molecule has 0 radical (unpaired) electrons. The quantitative estimate of drug-likeness (QED) is 0.419. The van der Waals surface area contributed by atoms with Gasteiger partial charge in [0.15, 0.2) is 0 Å². The molecular formula is C21H22FN5O2. The first kappa shape index (κ1) is 19.2. The third kappa shape index (κ3) is 4.63. The van der Waals surface area contributed by atoms with Crippen LogP contribution in [0.3, 0.4) is 0 Å². The van der Waals surface area contributed by atoms with E-state index in [2.05, 4.69) is 32.1 Å². The second-order valence-corrected chi connectivity index (χ2v) is 7.22. The van der Waals surface area contributed by atoms with Crippen molar-refractivity contribution in [3.63, 3.8) is 0 Å². The predicted molar refractivity (Wildman–Crippen MR) is 107 cm³/mol. The zero-order valence-corrected chi connectivity index (χ0v) is 15.9. The predicted octanol–water partition coefficient (Wildman–Crippen LogP) is 1.77. The average Bonchev–Trinajstić information content (AvgIpc) is 3.46. The number of pyridine rings is 1. The maximum absolute atomic E-state index is 12.5. The molecule has 7 nitrogen and oxygen atoms in total. The van der Waals surface area contributed by atoms with Crippen molar-refractivity contribution in [1.82, 2.24) is 24.7 Å². The first-order valence-corrected chi connectivity index (χ1v) is 9.66. The maximum atomic E-state index is 12.5. The van der Waals surface area contributed by atoms with E-state index in [1.807, 2.05) is 28.9 Å². The van der Waals surface area contributed by atoms with E-state index in [1.165, 1.54) is 19.2 Å². The summed E-state index contributed by atoms with van der Waals surface area (Å²) in [5.41, 5.74) is 2.18. The SMILES string of the molecule is O=c1[nH]cnc(C(CNCCF)Cc2cn3cc(C#CC4CC4)ccc3n2)c1O. The lowest BCUT2D eigenvalue weighted by Gasteiger charge is -2.16. The lowest BCUT2D eigenvalue weighted by atomic mass is 9.98. The van der Waals surface area contributed by atoms with Crippen LogP contribution in [0.4, 0.5) is 4.39 Å². The van der Waals surface area contributed by atoms with E-state index in [4.69, 9.17) is 0 Å². The number of hydrogen-bond donors (Lipinski definition) is 3. The third-order valence-electron chi connectivity index (χ3n) is 4.86. The lowest BCUT2D eigenvalue weighted by molar-refractivity contribution is 0.429. The highest BCUT2D eigenvalue weighted by atomic mass is 19.1. The number of alkyl halides is 1. The van der Waals surface area contributed by atoms with Gasteiger partial charge in [-0.15, -0.1) is 0 Å². The monoisotopic (exact) mass is 395 g/mol. The van der Waals surface area contributed by atoms with Gasteiger partial charge in [0.05, 0.1) is 17.7 Å². The molecule has 4 rings (SSSR count). The average molecular weight is 395 g/mol. The molecule has 3 N–H and O–H groups in total. The summed E-state index contributed by atoms with van der Waals surface area (Å²) in [4.78, 5) is 22.9. The minimum atomic E-state index is -0.598. The molecule has 29 heavy (non-hydrogen) atoms. The zero-order chi connectivity index (χ0) is 20.2. The van der Waals surface area contributed by atoms with Crippen molar-refractivity contribution < 1.29 is 9.50 Å². The fraction of sp³-hybridized carbons (Fsp3) is 0.381. The van der Waals surface area contributed by atoms with E-state index in [1.54, 1.807) is 0 Å². The fourth-order valence-corrected chi connectivity index (χ4v) is 3.20. The van der Waals surface area contributed by atoms with E-state index in [0.29, 0.717) is 18.9 Å². The van der Waals surface area contributed by atoms with Crippen molar-refractivity contribution in [2.75, 3.05) is 19.8 Å². The Labute approximate surface area is 167 Å². The van der Waals surface area contributed by atoms with Gasteiger partial charge in [-0.1, -0.05) is 11.8 Å². The number of hydrogen-bond acceptors (Lipinski definition) is 5. The standard InChI is InChI=1S/C21H22FN5O2/c22-7-8-23-10-16(19-20(28)21(29)25-13-24-19)9-17-12-27-11-15(4-3-14-1-2-14)5-6-18(27)26-17/h5-6,11-14,16,23,28H,1-2,7-10H2,(H,24,25,29). The summed E-state index contributed by atoms with van der Waals surface area (Å²) in [6, 6.07) is 3.87. The molecule has 1 aliphatic rings. The highest BCUT2D eigenvalue weighted by Gasteiger charge is 2.21. The normalized spacial score (nSPS) is 14.5. The number of nitrogens with zero attached hydrogens (tertiary/aromatic N) is 3. The van der Waals surface area contributed by atoms with Gasteiger partial charge in [0, 0.05) is 49.3 Å². The maximum Gasteiger partial charge on any atom is 0.293 e. The van der Waals surface area contributed by atoms with E-state index in [-0.39, 0.29) is 18.2 Å². The van der Waals surface area contributed by atoms with Crippen molar-refractivity contribution in [2.45, 2.75) is 25.2 Å². The number of aromatic nitrogens is 4. The van der Waals surface area contributed by atoms with E-state index < -0.39 is 18.0 Å². The number of aromatic hydroxyl groups is 1. The number of aromatic amines is 1. The van der Waals surface area contributed by atoms with Gasteiger partial charge in [-0.05, 0) is 25.0 Å². The van der Waals surface area contributed by atoms with Crippen molar-refractivity contribution in [3.05, 3.63) is 58.2 Å². The molecule has 0 aliphatic heterocycles. The minimum absolute atomic E-state index is 0.189. The Morgan fingerprint density at radius 3 is 3.03 bits per heavy atom. The summed E-state index contributed by atoms with van der Waals surface area (Å²) < 4.78 is 14.4. The minimum Gasteiger partial charge on any atom is -0.502 e. The molecule has 0 spiro atoms. The lowest BCUT2D eigenvalue weighted by Crippen LogP contribution is -2.26. The molecule has 1 atom stereocenters. The summed E-state index contributed by atoms with van der Waals surface area (Å²) in [7, 11) is 0. The van der Waals surface area contributed by atoms with Crippen LogP contribution in [-0.4, -0.2) is 44.2 Å². The molecule has 1 saturated carbocycles. The highest BCUT2D eigenvalue weighted by Crippen LogP contribution is 2.27. The molecule has 8 heteroatoms. The molecule has 150 valence electrons. The van der Waals surface area contributed by atoms with Gasteiger partial charge in [0.1, 0.15) is 12.3 Å². The molecule has 0 saturated heterocycles. The zero-order valence-electron chi connectivity index (χ0n) is 15.9. The number of rotatable bonds is 7. The summed E-state index contributed by atoms with van der Waals surface area (Å²) >= 11 is 0. The molecule has 3 aromatic heterocycles. The van der Waals surface area contributed by atoms with Crippen LogP contribution in [-0.2, 0) is 6.42 Å². The van der Waals surface area contributed by atoms with Gasteiger partial charge in [-0.3, -0.25) is 4.79 Å². The molecule has 0 amide bonds. The van der Waals surface area contributed by atoms with Crippen molar-refractivity contribution >= 4 is 5.65 Å². The fourth-order valence-electron chi connectivity index (χ4n) is 3.20. The van der Waals surface area contributed by atoms with Gasteiger partial charge in [-0.25, -0.2) is 14.4 Å². The van der Waals surface area contributed by atoms with Gasteiger partial charge in [0.25, 0.3) is 5.56 Å². The topological polar surface area (TPSA) is 95.3 Å². The Morgan fingerprint density at radius 1 is 1.38 bits per heavy atom. The van der Waals surface area contributed by atoms with Crippen LogP contribution in [0.15, 0.2) is 35.6 Å². The van der Waals surface area contributed by atoms with Crippen LogP contribution in [0.25, 0.3) is 5.65 Å². The van der Waals surface area contributed by atoms with Gasteiger partial charge >= 0.3 is 0 Å². The molecular weight excluding hydrogens is 373 g/mol. The molecule has 3 aromatic rings. The Morgan fingerprint density at radius 2 is 2.24 bits per heavy atom. The van der Waals surface area contributed by atoms with Crippen LogP contribution in [0, 0.1) is 17.8 Å². The molecule has 1 aliphatic carbocycles. The van der Waals surface area contributed by atoms with E-state index in [0.717, 1.165) is 16.9 Å². The molecule has 1 unspecified atom stereocenters. The van der Waals surface area contributed by atoms with E-state index in [9.17, 15) is 14.3 Å².